The van der Waals surface area contributed by atoms with Crippen LogP contribution < -0.4 is 10.5 Å². The van der Waals surface area contributed by atoms with Crippen molar-refractivity contribution in [2.24, 2.45) is 5.73 Å². The number of hydrogen-bond donors (Lipinski definition) is 1. The maximum Gasteiger partial charge on any atom is 0.138 e. The van der Waals surface area contributed by atoms with Crippen LogP contribution in [0.2, 0.25) is 10.0 Å². The molecular weight excluding hydrogens is 289 g/mol. The highest BCUT2D eigenvalue weighted by Crippen LogP contribution is 2.37. The Bertz CT molecular complexity index is 568. The summed E-state index contributed by atoms with van der Waals surface area (Å²) < 4.78 is 5.12. The van der Waals surface area contributed by atoms with Crippen LogP contribution in [0.3, 0.4) is 0 Å². The third-order valence-electron chi connectivity index (χ3n) is 2.79. The molecule has 96 valence electrons. The molecule has 2 aromatic rings. The molecule has 2 nitrogen and oxygen atoms in total. The van der Waals surface area contributed by atoms with Crippen LogP contribution in [0.4, 0.5) is 0 Å². The van der Waals surface area contributed by atoms with Gasteiger partial charge in [0.1, 0.15) is 5.75 Å². The van der Waals surface area contributed by atoms with E-state index in [1.165, 1.54) is 0 Å². The lowest BCUT2D eigenvalue weighted by Crippen LogP contribution is -2.12. The topological polar surface area (TPSA) is 35.2 Å². The van der Waals surface area contributed by atoms with Crippen LogP contribution in [-0.4, -0.2) is 7.11 Å². The highest BCUT2D eigenvalue weighted by atomic mass is 35.5. The molecule has 0 aliphatic rings. The molecule has 0 radical (unpaired) electrons. The third-order valence-corrected chi connectivity index (χ3v) is 4.52. The summed E-state index contributed by atoms with van der Waals surface area (Å²) >= 11 is 14.0. The van der Waals surface area contributed by atoms with Gasteiger partial charge in [-0.1, -0.05) is 23.2 Å². The van der Waals surface area contributed by atoms with Gasteiger partial charge in [0.05, 0.1) is 18.2 Å². The normalized spacial score (nSPS) is 12.5. The summed E-state index contributed by atoms with van der Waals surface area (Å²) in [5.74, 6) is 0.556. The second-order valence-corrected chi connectivity index (χ2v) is 5.72. The van der Waals surface area contributed by atoms with Gasteiger partial charge in [0, 0.05) is 16.0 Å². The van der Waals surface area contributed by atoms with E-state index in [1.54, 1.807) is 30.6 Å². The van der Waals surface area contributed by atoms with Crippen molar-refractivity contribution in [2.45, 2.75) is 13.0 Å². The molecule has 1 heterocycles. The summed E-state index contributed by atoms with van der Waals surface area (Å²) in [5, 5.41) is 3.10. The van der Waals surface area contributed by atoms with Gasteiger partial charge in [0.25, 0.3) is 0 Å². The van der Waals surface area contributed by atoms with Crippen molar-refractivity contribution in [3.8, 4) is 5.75 Å². The lowest BCUT2D eigenvalue weighted by Gasteiger charge is -2.15. The Kier molecular flexibility index (Phi) is 4.17. The molecule has 0 fully saturated rings. The fraction of sp³-hybridized carbons (Fsp3) is 0.231. The zero-order chi connectivity index (χ0) is 13.3. The molecule has 2 rings (SSSR count). The molecule has 0 bridgehead atoms. The van der Waals surface area contributed by atoms with Crippen LogP contribution in [0.15, 0.2) is 23.6 Å². The number of benzene rings is 1. The lowest BCUT2D eigenvalue weighted by atomic mass is 10.0. The van der Waals surface area contributed by atoms with E-state index in [-0.39, 0.29) is 6.04 Å². The zero-order valence-corrected chi connectivity index (χ0v) is 12.4. The largest absolute Gasteiger partial charge is 0.495 e. The van der Waals surface area contributed by atoms with Gasteiger partial charge in [-0.2, -0.15) is 0 Å². The van der Waals surface area contributed by atoms with Crippen LogP contribution in [-0.2, 0) is 0 Å². The molecule has 0 aliphatic heterocycles. The molecule has 5 heteroatoms. The first-order valence-corrected chi connectivity index (χ1v) is 7.00. The van der Waals surface area contributed by atoms with Gasteiger partial charge in [-0.15, -0.1) is 11.3 Å². The molecule has 0 spiro atoms. The number of aryl methyl sites for hydroxylation is 1. The van der Waals surface area contributed by atoms with Crippen molar-refractivity contribution >= 4 is 34.5 Å². The lowest BCUT2D eigenvalue weighted by molar-refractivity contribution is 0.415. The molecule has 0 saturated carbocycles. The smallest absolute Gasteiger partial charge is 0.138 e. The Morgan fingerprint density at radius 3 is 2.56 bits per heavy atom. The van der Waals surface area contributed by atoms with Gasteiger partial charge >= 0.3 is 0 Å². The maximum atomic E-state index is 6.25. The molecule has 0 aliphatic carbocycles. The fourth-order valence-electron chi connectivity index (χ4n) is 1.78. The van der Waals surface area contributed by atoms with Crippen molar-refractivity contribution in [3.63, 3.8) is 0 Å². The number of hydrogen-bond acceptors (Lipinski definition) is 3. The second kappa shape index (κ2) is 5.49. The number of ether oxygens (including phenoxy) is 1. The number of thiophene rings is 1. The summed E-state index contributed by atoms with van der Waals surface area (Å²) in [7, 11) is 1.56. The summed E-state index contributed by atoms with van der Waals surface area (Å²) in [4.78, 5) is 1.10. The predicted octanol–water partition coefficient (Wildman–Crippen LogP) is 4.42. The Hall–Kier alpha value is -0.740. The highest BCUT2D eigenvalue weighted by Gasteiger charge is 2.18. The zero-order valence-electron chi connectivity index (χ0n) is 10.0. The maximum absolute atomic E-state index is 6.25. The SMILES string of the molecule is COc1cc(Cl)c(C(N)c2sccc2C)cc1Cl. The standard InChI is InChI=1S/C13H13Cl2NOS/c1-7-3-4-18-13(7)12(16)8-5-10(15)11(17-2)6-9(8)14/h3-6,12H,16H2,1-2H3. The Morgan fingerprint density at radius 1 is 1.28 bits per heavy atom. The summed E-state index contributed by atoms with van der Waals surface area (Å²) in [6.45, 7) is 2.03. The van der Waals surface area contributed by atoms with E-state index in [0.29, 0.717) is 15.8 Å². The molecule has 1 aromatic heterocycles. The minimum absolute atomic E-state index is 0.263. The first kappa shape index (κ1) is 13.7. The second-order valence-electron chi connectivity index (χ2n) is 3.95. The molecule has 2 N–H and O–H groups in total. The predicted molar refractivity (Wildman–Crippen MR) is 78.1 cm³/mol. The summed E-state index contributed by atoms with van der Waals surface area (Å²) in [6, 6.07) is 5.24. The highest BCUT2D eigenvalue weighted by molar-refractivity contribution is 7.10. The Balaban J connectivity index is 2.46. The van der Waals surface area contributed by atoms with Crippen LogP contribution in [0, 0.1) is 6.92 Å². The first-order chi connectivity index (χ1) is 8.54. The van der Waals surface area contributed by atoms with Crippen molar-refractivity contribution in [1.29, 1.82) is 0 Å². The van der Waals surface area contributed by atoms with E-state index in [9.17, 15) is 0 Å². The molecule has 1 unspecified atom stereocenters. The van der Waals surface area contributed by atoms with Crippen LogP contribution >= 0.6 is 34.5 Å². The Labute approximate surface area is 120 Å². The van der Waals surface area contributed by atoms with Crippen molar-refractivity contribution in [2.75, 3.05) is 7.11 Å². The average molecular weight is 302 g/mol. The molecule has 0 amide bonds. The first-order valence-electron chi connectivity index (χ1n) is 5.37. The van der Waals surface area contributed by atoms with Gasteiger partial charge in [-0.25, -0.2) is 0 Å². The van der Waals surface area contributed by atoms with Gasteiger partial charge in [-0.05, 0) is 35.6 Å². The van der Waals surface area contributed by atoms with Gasteiger partial charge < -0.3 is 10.5 Å². The summed E-state index contributed by atoms with van der Waals surface area (Å²) in [6.07, 6.45) is 0. The Morgan fingerprint density at radius 2 is 2.00 bits per heavy atom. The fourth-order valence-corrected chi connectivity index (χ4v) is 3.25. The number of nitrogens with two attached hydrogens (primary N) is 1. The van der Waals surface area contributed by atoms with E-state index in [4.69, 9.17) is 33.7 Å². The van der Waals surface area contributed by atoms with E-state index >= 15 is 0 Å². The van der Waals surface area contributed by atoms with E-state index in [2.05, 4.69) is 0 Å². The number of methoxy groups -OCH3 is 1. The van der Waals surface area contributed by atoms with Crippen LogP contribution in [0.1, 0.15) is 22.0 Å². The van der Waals surface area contributed by atoms with Crippen molar-refractivity contribution < 1.29 is 4.74 Å². The molecule has 1 atom stereocenters. The molecule has 0 saturated heterocycles. The molecule has 18 heavy (non-hydrogen) atoms. The van der Waals surface area contributed by atoms with Crippen molar-refractivity contribution in [1.82, 2.24) is 0 Å². The average Bonchev–Trinajstić information content (AvgIpc) is 2.77. The molecular formula is C13H13Cl2NOS. The van der Waals surface area contributed by atoms with E-state index in [0.717, 1.165) is 16.0 Å². The number of rotatable bonds is 3. The van der Waals surface area contributed by atoms with Crippen molar-refractivity contribution in [3.05, 3.63) is 49.6 Å². The quantitative estimate of drug-likeness (QED) is 0.911. The van der Waals surface area contributed by atoms with Crippen LogP contribution in [0.25, 0.3) is 0 Å². The van der Waals surface area contributed by atoms with Gasteiger partial charge in [0.2, 0.25) is 0 Å². The summed E-state index contributed by atoms with van der Waals surface area (Å²) in [5.41, 5.74) is 8.22. The van der Waals surface area contributed by atoms with Gasteiger partial charge in [0.15, 0.2) is 0 Å². The minimum Gasteiger partial charge on any atom is -0.495 e. The van der Waals surface area contributed by atoms with E-state index in [1.807, 2.05) is 18.4 Å². The molecule has 1 aromatic carbocycles. The van der Waals surface area contributed by atoms with Gasteiger partial charge in [-0.3, -0.25) is 0 Å². The van der Waals surface area contributed by atoms with Crippen LogP contribution in [0.5, 0.6) is 5.75 Å². The van der Waals surface area contributed by atoms with E-state index < -0.39 is 0 Å². The number of halogens is 2. The minimum atomic E-state index is -0.263. The monoisotopic (exact) mass is 301 g/mol. The third kappa shape index (κ3) is 2.50.